The van der Waals surface area contributed by atoms with Crippen LogP contribution in [0.15, 0.2) is 18.2 Å². The van der Waals surface area contributed by atoms with Crippen LogP contribution in [0.5, 0.6) is 0 Å². The number of amides is 3. The molecule has 2 heterocycles. The number of halogens is 2. The second kappa shape index (κ2) is 15.0. The lowest BCUT2D eigenvalue weighted by molar-refractivity contribution is -0.00881. The maximum atomic E-state index is 14.0. The SMILES string of the molecule is COC(=O)NCCOC(c1cc(F)cc(F)c1)C1CCCN(C(=O)NCC(N)CC2CCCCOC2)C1. The number of benzene rings is 1. The first kappa shape index (κ1) is 29.1. The van der Waals surface area contributed by atoms with Gasteiger partial charge in [-0.2, -0.15) is 0 Å². The summed E-state index contributed by atoms with van der Waals surface area (Å²) in [6.45, 7) is 3.10. The fourth-order valence-corrected chi connectivity index (χ4v) is 5.09. The number of methoxy groups -OCH3 is 1. The summed E-state index contributed by atoms with van der Waals surface area (Å²) < 4.78 is 44.2. The summed E-state index contributed by atoms with van der Waals surface area (Å²) in [5, 5.41) is 5.47. The van der Waals surface area contributed by atoms with Gasteiger partial charge in [-0.15, -0.1) is 0 Å². The van der Waals surface area contributed by atoms with Crippen LogP contribution in [0.3, 0.4) is 0 Å². The van der Waals surface area contributed by atoms with E-state index in [1.54, 1.807) is 4.90 Å². The van der Waals surface area contributed by atoms with Crippen LogP contribution in [0.4, 0.5) is 18.4 Å². The molecule has 4 atom stereocenters. The van der Waals surface area contributed by atoms with Gasteiger partial charge >= 0.3 is 12.1 Å². The third-order valence-electron chi connectivity index (χ3n) is 6.90. The molecule has 11 heteroatoms. The second-order valence-corrected chi connectivity index (χ2v) is 9.88. The van der Waals surface area contributed by atoms with Crippen LogP contribution >= 0.6 is 0 Å². The molecule has 1 aromatic rings. The van der Waals surface area contributed by atoms with Gasteiger partial charge in [0.1, 0.15) is 11.6 Å². The van der Waals surface area contributed by atoms with Gasteiger partial charge in [0.2, 0.25) is 0 Å². The molecule has 3 amide bonds. The highest BCUT2D eigenvalue weighted by atomic mass is 19.1. The van der Waals surface area contributed by atoms with E-state index in [-0.39, 0.29) is 31.1 Å². The molecule has 0 aliphatic carbocycles. The molecule has 0 spiro atoms. The molecule has 2 aliphatic rings. The third-order valence-corrected chi connectivity index (χ3v) is 6.90. The number of nitrogens with two attached hydrogens (primary N) is 1. The van der Waals surface area contributed by atoms with E-state index in [0.29, 0.717) is 37.7 Å². The van der Waals surface area contributed by atoms with Gasteiger partial charge in [0.25, 0.3) is 0 Å². The molecule has 0 saturated carbocycles. The van der Waals surface area contributed by atoms with Crippen molar-refractivity contribution in [1.82, 2.24) is 15.5 Å². The Hall–Kier alpha value is -2.50. The van der Waals surface area contributed by atoms with Crippen molar-refractivity contribution in [3.63, 3.8) is 0 Å². The topological polar surface area (TPSA) is 115 Å². The minimum atomic E-state index is -0.699. The molecule has 0 bridgehead atoms. The average molecular weight is 527 g/mol. The van der Waals surface area contributed by atoms with E-state index < -0.39 is 23.8 Å². The van der Waals surface area contributed by atoms with Crippen molar-refractivity contribution in [3.8, 4) is 0 Å². The number of carbonyl (C=O) groups is 2. The summed E-state index contributed by atoms with van der Waals surface area (Å²) in [6.07, 6.45) is 4.29. The number of hydrogen-bond donors (Lipinski definition) is 3. The van der Waals surface area contributed by atoms with E-state index >= 15 is 0 Å². The molecule has 2 fully saturated rings. The van der Waals surface area contributed by atoms with Crippen LogP contribution in [0.1, 0.15) is 50.2 Å². The third kappa shape index (κ3) is 9.71. The number of rotatable bonds is 10. The molecule has 4 unspecified atom stereocenters. The predicted octanol–water partition coefficient (Wildman–Crippen LogP) is 3.33. The zero-order valence-corrected chi connectivity index (χ0v) is 21.6. The lowest BCUT2D eigenvalue weighted by atomic mass is 9.88. The highest BCUT2D eigenvalue weighted by Crippen LogP contribution is 2.33. The summed E-state index contributed by atoms with van der Waals surface area (Å²) in [7, 11) is 1.26. The predicted molar refractivity (Wildman–Crippen MR) is 134 cm³/mol. The molecule has 3 rings (SSSR count). The quantitative estimate of drug-likeness (QED) is 0.403. The van der Waals surface area contributed by atoms with Crippen LogP contribution in [0, 0.1) is 23.5 Å². The molecule has 37 heavy (non-hydrogen) atoms. The minimum Gasteiger partial charge on any atom is -0.453 e. The lowest BCUT2D eigenvalue weighted by Gasteiger charge is -2.37. The zero-order chi connectivity index (χ0) is 26.6. The standard InChI is InChI=1S/C26H40F2N4O5/c1-35-26(34)30-7-10-37-24(20-12-21(27)14-22(28)13-20)19-6-4-8-32(16-19)25(33)31-15-23(29)11-18-5-2-3-9-36-17-18/h12-14,18-19,23-24H,2-11,15-17,29H2,1H3,(H,30,34)(H,31,33). The number of urea groups is 1. The van der Waals surface area contributed by atoms with Gasteiger partial charge in [-0.3, -0.25) is 0 Å². The summed E-state index contributed by atoms with van der Waals surface area (Å²) in [6, 6.07) is 2.93. The van der Waals surface area contributed by atoms with Crippen LogP contribution in [-0.4, -0.2) is 76.2 Å². The molecule has 4 N–H and O–H groups in total. The number of nitrogens with one attached hydrogen (secondary N) is 2. The van der Waals surface area contributed by atoms with Crippen molar-refractivity contribution in [1.29, 1.82) is 0 Å². The summed E-state index contributed by atoms with van der Waals surface area (Å²) in [5.74, 6) is -1.17. The zero-order valence-electron chi connectivity index (χ0n) is 21.6. The average Bonchev–Trinajstić information content (AvgIpc) is 3.15. The lowest BCUT2D eigenvalue weighted by Crippen LogP contribution is -2.49. The van der Waals surface area contributed by atoms with Gasteiger partial charge in [-0.1, -0.05) is 6.42 Å². The van der Waals surface area contributed by atoms with Crippen LogP contribution in [0.25, 0.3) is 0 Å². The minimum absolute atomic E-state index is 0.111. The number of hydrogen-bond acceptors (Lipinski definition) is 6. The first-order valence-electron chi connectivity index (χ1n) is 13.1. The highest BCUT2D eigenvalue weighted by Gasteiger charge is 2.32. The Balaban J connectivity index is 1.57. The van der Waals surface area contributed by atoms with Crippen molar-refractivity contribution in [2.75, 3.05) is 53.1 Å². The van der Waals surface area contributed by atoms with Gasteiger partial charge in [-0.05, 0) is 55.7 Å². The summed E-state index contributed by atoms with van der Waals surface area (Å²) in [5.41, 5.74) is 6.65. The Labute approximate surface area is 217 Å². The van der Waals surface area contributed by atoms with E-state index in [1.165, 1.54) is 19.2 Å². The van der Waals surface area contributed by atoms with Gasteiger partial charge < -0.3 is 35.5 Å². The Kier molecular flexibility index (Phi) is 11.8. The molecule has 2 aliphatic heterocycles. The Morgan fingerprint density at radius 2 is 1.95 bits per heavy atom. The number of carbonyl (C=O) groups excluding carboxylic acids is 2. The molecular weight excluding hydrogens is 486 g/mol. The molecular formula is C26H40F2N4O5. The first-order chi connectivity index (χ1) is 17.9. The van der Waals surface area contributed by atoms with Gasteiger partial charge in [0.15, 0.2) is 0 Å². The summed E-state index contributed by atoms with van der Waals surface area (Å²) in [4.78, 5) is 26.0. The number of likely N-dealkylation sites (tertiary alicyclic amines) is 1. The molecule has 1 aromatic carbocycles. The molecule has 0 radical (unpaired) electrons. The largest absolute Gasteiger partial charge is 0.453 e. The van der Waals surface area contributed by atoms with Crippen molar-refractivity contribution < 1.29 is 32.6 Å². The van der Waals surface area contributed by atoms with Crippen molar-refractivity contribution >= 4 is 12.1 Å². The molecule has 2 saturated heterocycles. The van der Waals surface area contributed by atoms with Crippen LogP contribution in [-0.2, 0) is 14.2 Å². The normalized spacial score (nSPS) is 22.0. The highest BCUT2D eigenvalue weighted by molar-refractivity contribution is 5.74. The van der Waals surface area contributed by atoms with Gasteiger partial charge in [-0.25, -0.2) is 18.4 Å². The smallest absolute Gasteiger partial charge is 0.406 e. The maximum absolute atomic E-state index is 14.0. The van der Waals surface area contributed by atoms with Gasteiger partial charge in [0, 0.05) is 57.4 Å². The summed E-state index contributed by atoms with van der Waals surface area (Å²) >= 11 is 0. The van der Waals surface area contributed by atoms with E-state index in [2.05, 4.69) is 15.4 Å². The van der Waals surface area contributed by atoms with Gasteiger partial charge in [0.05, 0.1) is 19.8 Å². The fourth-order valence-electron chi connectivity index (χ4n) is 5.09. The molecule has 0 aromatic heterocycles. The van der Waals surface area contributed by atoms with E-state index in [1.807, 2.05) is 0 Å². The van der Waals surface area contributed by atoms with Crippen molar-refractivity contribution in [2.24, 2.45) is 17.6 Å². The van der Waals surface area contributed by atoms with Crippen LogP contribution < -0.4 is 16.4 Å². The molecule has 208 valence electrons. The maximum Gasteiger partial charge on any atom is 0.406 e. The fraction of sp³-hybridized carbons (Fsp3) is 0.692. The first-order valence-corrected chi connectivity index (χ1v) is 13.1. The van der Waals surface area contributed by atoms with E-state index in [0.717, 1.165) is 51.2 Å². The van der Waals surface area contributed by atoms with Crippen LogP contribution in [0.2, 0.25) is 0 Å². The Morgan fingerprint density at radius 1 is 1.16 bits per heavy atom. The second-order valence-electron chi connectivity index (χ2n) is 9.88. The monoisotopic (exact) mass is 526 g/mol. The number of nitrogens with zero attached hydrogens (tertiary/aromatic N) is 1. The number of piperidine rings is 1. The van der Waals surface area contributed by atoms with E-state index in [9.17, 15) is 18.4 Å². The number of ether oxygens (including phenoxy) is 3. The van der Waals surface area contributed by atoms with Crippen molar-refractivity contribution in [2.45, 2.75) is 50.7 Å². The Bertz CT molecular complexity index is 849. The van der Waals surface area contributed by atoms with E-state index in [4.69, 9.17) is 15.2 Å². The number of alkyl carbamates (subject to hydrolysis) is 1. The van der Waals surface area contributed by atoms with Crippen molar-refractivity contribution in [3.05, 3.63) is 35.4 Å². The molecule has 9 nitrogen and oxygen atoms in total. The Morgan fingerprint density at radius 3 is 2.70 bits per heavy atom.